The summed E-state index contributed by atoms with van der Waals surface area (Å²) in [5.41, 5.74) is 4.31. The standard InChI is InChI=1S/C10H9F3N2O/c1-3-6(2)16-9-5-7(10(11,12)13)4-8(14)15-9/h1,4-6H,2H3,(H2,14,15). The fraction of sp³-hybridized carbons (Fsp3) is 0.300. The van der Waals surface area contributed by atoms with Crippen molar-refractivity contribution in [1.29, 1.82) is 0 Å². The van der Waals surface area contributed by atoms with Gasteiger partial charge in [0.15, 0.2) is 6.10 Å². The smallest absolute Gasteiger partial charge is 0.416 e. The Morgan fingerprint density at radius 1 is 1.50 bits per heavy atom. The average Bonchev–Trinajstić information content (AvgIpc) is 2.15. The summed E-state index contributed by atoms with van der Waals surface area (Å²) < 4.78 is 42.1. The van der Waals surface area contributed by atoms with E-state index < -0.39 is 17.8 Å². The summed E-state index contributed by atoms with van der Waals surface area (Å²) in [7, 11) is 0. The number of pyridine rings is 1. The van der Waals surface area contributed by atoms with Crippen LogP contribution in [0.25, 0.3) is 0 Å². The van der Waals surface area contributed by atoms with Crippen LogP contribution in [0.1, 0.15) is 12.5 Å². The molecule has 0 amide bonds. The first-order chi connectivity index (χ1) is 7.32. The quantitative estimate of drug-likeness (QED) is 0.791. The van der Waals surface area contributed by atoms with Crippen molar-refractivity contribution >= 4 is 5.82 Å². The van der Waals surface area contributed by atoms with E-state index in [1.807, 2.05) is 0 Å². The Balaban J connectivity index is 3.05. The Kier molecular flexibility index (Phi) is 3.28. The Hall–Kier alpha value is -1.90. The second-order valence-electron chi connectivity index (χ2n) is 3.04. The topological polar surface area (TPSA) is 48.1 Å². The van der Waals surface area contributed by atoms with Gasteiger partial charge in [0, 0.05) is 6.07 Å². The molecule has 6 heteroatoms. The molecule has 0 aromatic carbocycles. The molecule has 0 saturated carbocycles. The molecule has 0 aliphatic heterocycles. The van der Waals surface area contributed by atoms with Gasteiger partial charge in [-0.2, -0.15) is 18.2 Å². The molecule has 16 heavy (non-hydrogen) atoms. The highest BCUT2D eigenvalue weighted by atomic mass is 19.4. The molecule has 1 rings (SSSR count). The van der Waals surface area contributed by atoms with Gasteiger partial charge in [0.05, 0.1) is 5.56 Å². The van der Waals surface area contributed by atoms with Gasteiger partial charge in [0.1, 0.15) is 5.82 Å². The molecular weight excluding hydrogens is 221 g/mol. The largest absolute Gasteiger partial charge is 0.461 e. The number of alkyl halides is 3. The zero-order chi connectivity index (χ0) is 12.3. The second kappa shape index (κ2) is 4.31. The third-order valence-corrected chi connectivity index (χ3v) is 1.68. The van der Waals surface area contributed by atoms with Crippen LogP contribution in [-0.4, -0.2) is 11.1 Å². The van der Waals surface area contributed by atoms with Crippen LogP contribution < -0.4 is 10.5 Å². The van der Waals surface area contributed by atoms with Gasteiger partial charge in [-0.25, -0.2) is 0 Å². The predicted molar refractivity (Wildman–Crippen MR) is 52.6 cm³/mol. The van der Waals surface area contributed by atoms with Gasteiger partial charge in [-0.15, -0.1) is 6.42 Å². The molecule has 0 aliphatic carbocycles. The molecule has 0 aliphatic rings. The average molecular weight is 230 g/mol. The predicted octanol–water partition coefficient (Wildman–Crippen LogP) is 2.08. The summed E-state index contributed by atoms with van der Waals surface area (Å²) in [6.07, 6.45) is -0.137. The number of nitrogens with two attached hydrogens (primary N) is 1. The molecule has 3 nitrogen and oxygen atoms in total. The molecule has 86 valence electrons. The molecule has 0 bridgehead atoms. The van der Waals surface area contributed by atoms with E-state index in [0.717, 1.165) is 12.1 Å². The molecule has 1 heterocycles. The summed E-state index contributed by atoms with van der Waals surface area (Å²) in [5.74, 6) is 1.70. The number of terminal acetylenes is 1. The lowest BCUT2D eigenvalue weighted by atomic mass is 10.2. The van der Waals surface area contributed by atoms with Crippen molar-refractivity contribution in [3.05, 3.63) is 17.7 Å². The highest BCUT2D eigenvalue weighted by Gasteiger charge is 2.31. The van der Waals surface area contributed by atoms with Crippen LogP contribution in [0, 0.1) is 12.3 Å². The van der Waals surface area contributed by atoms with Crippen molar-refractivity contribution in [2.75, 3.05) is 5.73 Å². The lowest BCUT2D eigenvalue weighted by Crippen LogP contribution is -2.12. The minimum absolute atomic E-state index is 0.238. The number of halogens is 3. The first-order valence-electron chi connectivity index (χ1n) is 4.30. The van der Waals surface area contributed by atoms with Crippen LogP contribution in [0.5, 0.6) is 5.88 Å². The molecule has 1 atom stereocenters. The van der Waals surface area contributed by atoms with Crippen LogP contribution in [0.15, 0.2) is 12.1 Å². The van der Waals surface area contributed by atoms with E-state index in [0.29, 0.717) is 0 Å². The fourth-order valence-corrected chi connectivity index (χ4v) is 0.965. The van der Waals surface area contributed by atoms with Gasteiger partial charge in [-0.3, -0.25) is 0 Å². The summed E-state index contributed by atoms with van der Waals surface area (Å²) in [6.45, 7) is 1.51. The van der Waals surface area contributed by atoms with Crippen LogP contribution in [-0.2, 0) is 6.18 Å². The summed E-state index contributed by atoms with van der Waals surface area (Å²) >= 11 is 0. The minimum Gasteiger partial charge on any atom is -0.461 e. The van der Waals surface area contributed by atoms with E-state index >= 15 is 0 Å². The van der Waals surface area contributed by atoms with Crippen molar-refractivity contribution in [3.63, 3.8) is 0 Å². The number of anilines is 1. The summed E-state index contributed by atoms with van der Waals surface area (Å²) in [5, 5.41) is 0. The van der Waals surface area contributed by atoms with Gasteiger partial charge in [0.25, 0.3) is 0 Å². The molecule has 1 aromatic heterocycles. The van der Waals surface area contributed by atoms with Gasteiger partial charge >= 0.3 is 6.18 Å². The first-order valence-corrected chi connectivity index (χ1v) is 4.30. The van der Waals surface area contributed by atoms with Crippen LogP contribution in [0.4, 0.5) is 19.0 Å². The van der Waals surface area contributed by atoms with Gasteiger partial charge in [-0.1, -0.05) is 5.92 Å². The number of nitrogen functional groups attached to an aromatic ring is 1. The highest BCUT2D eigenvalue weighted by Crippen LogP contribution is 2.32. The molecule has 0 spiro atoms. The van der Waals surface area contributed by atoms with Crippen molar-refractivity contribution < 1.29 is 17.9 Å². The highest BCUT2D eigenvalue weighted by molar-refractivity contribution is 5.38. The number of hydrogen-bond donors (Lipinski definition) is 1. The number of ether oxygens (including phenoxy) is 1. The third kappa shape index (κ3) is 3.05. The molecule has 0 fully saturated rings. The van der Waals surface area contributed by atoms with E-state index in [1.165, 1.54) is 6.92 Å². The van der Waals surface area contributed by atoms with Gasteiger partial charge < -0.3 is 10.5 Å². The maximum atomic E-state index is 12.4. The van der Waals surface area contributed by atoms with Crippen LogP contribution >= 0.6 is 0 Å². The number of hydrogen-bond acceptors (Lipinski definition) is 3. The normalized spacial score (nSPS) is 12.9. The Morgan fingerprint density at radius 2 is 2.12 bits per heavy atom. The maximum absolute atomic E-state index is 12.4. The van der Waals surface area contributed by atoms with Gasteiger partial charge in [-0.05, 0) is 13.0 Å². The monoisotopic (exact) mass is 230 g/mol. The third-order valence-electron chi connectivity index (χ3n) is 1.68. The van der Waals surface area contributed by atoms with E-state index in [9.17, 15) is 13.2 Å². The lowest BCUT2D eigenvalue weighted by Gasteiger charge is -2.12. The van der Waals surface area contributed by atoms with Gasteiger partial charge in [0.2, 0.25) is 5.88 Å². The van der Waals surface area contributed by atoms with Crippen molar-refractivity contribution in [2.24, 2.45) is 0 Å². The van der Waals surface area contributed by atoms with Crippen LogP contribution in [0.3, 0.4) is 0 Å². The first kappa shape index (κ1) is 12.2. The molecule has 1 aromatic rings. The maximum Gasteiger partial charge on any atom is 0.416 e. The minimum atomic E-state index is -4.49. The Labute approximate surface area is 90.4 Å². The van der Waals surface area contributed by atoms with Crippen molar-refractivity contribution in [3.8, 4) is 18.2 Å². The molecule has 1 unspecified atom stereocenters. The SMILES string of the molecule is C#CC(C)Oc1cc(C(F)(F)F)cc(N)n1. The van der Waals surface area contributed by atoms with Crippen molar-refractivity contribution in [2.45, 2.75) is 19.2 Å². The van der Waals surface area contributed by atoms with Crippen molar-refractivity contribution in [1.82, 2.24) is 4.98 Å². The fourth-order valence-electron chi connectivity index (χ4n) is 0.965. The molecule has 0 radical (unpaired) electrons. The van der Waals surface area contributed by atoms with E-state index in [4.69, 9.17) is 16.9 Å². The van der Waals surface area contributed by atoms with E-state index in [-0.39, 0.29) is 11.7 Å². The number of aromatic nitrogens is 1. The zero-order valence-electron chi connectivity index (χ0n) is 8.38. The lowest BCUT2D eigenvalue weighted by molar-refractivity contribution is -0.137. The summed E-state index contributed by atoms with van der Waals surface area (Å²) in [4.78, 5) is 3.60. The van der Waals surface area contributed by atoms with E-state index in [2.05, 4.69) is 10.9 Å². The Morgan fingerprint density at radius 3 is 2.62 bits per heavy atom. The second-order valence-corrected chi connectivity index (χ2v) is 3.04. The molecule has 0 saturated heterocycles. The summed E-state index contributed by atoms with van der Waals surface area (Å²) in [6, 6.07) is 1.48. The number of nitrogens with zero attached hydrogens (tertiary/aromatic N) is 1. The Bertz CT molecular complexity index is 423. The zero-order valence-corrected chi connectivity index (χ0v) is 8.38. The van der Waals surface area contributed by atoms with Crippen LogP contribution in [0.2, 0.25) is 0 Å². The molecular formula is C10H9F3N2O. The number of rotatable bonds is 2. The van der Waals surface area contributed by atoms with E-state index in [1.54, 1.807) is 0 Å². The molecule has 2 N–H and O–H groups in total.